The van der Waals surface area contributed by atoms with Crippen molar-refractivity contribution in [1.82, 2.24) is 4.31 Å². The zero-order chi connectivity index (χ0) is 11.9. The van der Waals surface area contributed by atoms with Crippen molar-refractivity contribution in [3.63, 3.8) is 0 Å². The van der Waals surface area contributed by atoms with Gasteiger partial charge >= 0.3 is 0 Å². The van der Waals surface area contributed by atoms with E-state index in [4.69, 9.17) is 0 Å². The molecule has 3 heteroatoms. The third-order valence-electron chi connectivity index (χ3n) is 3.00. The Bertz CT molecular complexity index is 386. The normalized spacial score (nSPS) is 23.2. The SMILES string of the molecule is C[C@H]1c2ccccc2CN1[S@@+]([O-])C(C)(C)C. The van der Waals surface area contributed by atoms with Crippen molar-refractivity contribution in [2.45, 2.75) is 45.0 Å². The summed E-state index contributed by atoms with van der Waals surface area (Å²) in [6, 6.07) is 8.63. The first-order chi connectivity index (χ1) is 7.41. The molecule has 0 radical (unpaired) electrons. The fraction of sp³-hybridized carbons (Fsp3) is 0.538. The average Bonchev–Trinajstić information content (AvgIpc) is 2.54. The molecule has 0 unspecified atom stereocenters. The molecule has 0 amide bonds. The van der Waals surface area contributed by atoms with E-state index in [1.807, 2.05) is 20.8 Å². The summed E-state index contributed by atoms with van der Waals surface area (Å²) in [5, 5.41) is 0. The molecule has 0 fully saturated rings. The highest BCUT2D eigenvalue weighted by atomic mass is 32.2. The number of hydrogen-bond acceptors (Lipinski definition) is 2. The quantitative estimate of drug-likeness (QED) is 0.702. The Hall–Kier alpha value is -0.510. The smallest absolute Gasteiger partial charge is 0.137 e. The highest BCUT2D eigenvalue weighted by Gasteiger charge is 2.40. The Morgan fingerprint density at radius 3 is 2.50 bits per heavy atom. The molecule has 0 saturated heterocycles. The number of nitrogens with zero attached hydrogens (tertiary/aromatic N) is 1. The molecule has 0 aromatic heterocycles. The predicted molar refractivity (Wildman–Crippen MR) is 68.3 cm³/mol. The van der Waals surface area contributed by atoms with Gasteiger partial charge in [-0.25, -0.2) is 0 Å². The Balaban J connectivity index is 2.25. The van der Waals surface area contributed by atoms with Crippen molar-refractivity contribution >= 4 is 11.4 Å². The van der Waals surface area contributed by atoms with Gasteiger partial charge in [0, 0.05) is 11.4 Å². The fourth-order valence-electron chi connectivity index (χ4n) is 2.10. The monoisotopic (exact) mass is 237 g/mol. The van der Waals surface area contributed by atoms with E-state index < -0.39 is 11.4 Å². The lowest BCUT2D eigenvalue weighted by Crippen LogP contribution is -2.41. The van der Waals surface area contributed by atoms with Gasteiger partial charge in [-0.3, -0.25) is 0 Å². The molecule has 2 rings (SSSR count). The van der Waals surface area contributed by atoms with Crippen LogP contribution in [-0.2, 0) is 17.9 Å². The van der Waals surface area contributed by atoms with Gasteiger partial charge in [0.05, 0.1) is 12.6 Å². The van der Waals surface area contributed by atoms with Crippen LogP contribution in [0, 0.1) is 0 Å². The van der Waals surface area contributed by atoms with Gasteiger partial charge < -0.3 is 4.55 Å². The first kappa shape index (κ1) is 12.0. The van der Waals surface area contributed by atoms with Crippen LogP contribution in [0.4, 0.5) is 0 Å². The van der Waals surface area contributed by atoms with E-state index in [2.05, 4.69) is 35.5 Å². The maximum atomic E-state index is 12.4. The van der Waals surface area contributed by atoms with Crippen LogP contribution in [0.2, 0.25) is 0 Å². The molecule has 1 heterocycles. The van der Waals surface area contributed by atoms with Gasteiger partial charge in [0.2, 0.25) is 0 Å². The van der Waals surface area contributed by atoms with Crippen molar-refractivity contribution in [1.29, 1.82) is 0 Å². The predicted octanol–water partition coefficient (Wildman–Crippen LogP) is 3.03. The Kier molecular flexibility index (Phi) is 3.03. The second-order valence-corrected chi connectivity index (χ2v) is 7.50. The van der Waals surface area contributed by atoms with Gasteiger partial charge in [-0.2, -0.15) is 0 Å². The van der Waals surface area contributed by atoms with Crippen LogP contribution >= 0.6 is 0 Å². The molecule has 0 aliphatic carbocycles. The summed E-state index contributed by atoms with van der Waals surface area (Å²) < 4.78 is 14.3. The van der Waals surface area contributed by atoms with Crippen LogP contribution in [0.25, 0.3) is 0 Å². The molecular formula is C13H19NOS. The number of fused-ring (bicyclic) bond motifs is 1. The lowest BCUT2D eigenvalue weighted by Gasteiger charge is -2.32. The molecule has 0 saturated carbocycles. The molecule has 0 bridgehead atoms. The van der Waals surface area contributed by atoms with Gasteiger partial charge in [0.25, 0.3) is 0 Å². The van der Waals surface area contributed by atoms with Crippen LogP contribution in [0.5, 0.6) is 0 Å². The maximum absolute atomic E-state index is 12.4. The van der Waals surface area contributed by atoms with E-state index in [1.54, 1.807) is 0 Å². The van der Waals surface area contributed by atoms with E-state index >= 15 is 0 Å². The van der Waals surface area contributed by atoms with Crippen molar-refractivity contribution in [2.24, 2.45) is 0 Å². The molecule has 1 aliphatic rings. The Labute approximate surface area is 101 Å². The molecule has 0 spiro atoms. The maximum Gasteiger partial charge on any atom is 0.137 e. The largest absolute Gasteiger partial charge is 0.597 e. The minimum absolute atomic E-state index is 0.184. The van der Waals surface area contributed by atoms with Crippen molar-refractivity contribution in [2.75, 3.05) is 0 Å². The molecule has 1 aromatic carbocycles. The fourth-order valence-corrected chi connectivity index (χ4v) is 3.46. The molecule has 1 aliphatic heterocycles. The van der Waals surface area contributed by atoms with Crippen LogP contribution in [-0.4, -0.2) is 13.6 Å². The average molecular weight is 237 g/mol. The van der Waals surface area contributed by atoms with Crippen molar-refractivity contribution < 1.29 is 4.55 Å². The summed E-state index contributed by atoms with van der Waals surface area (Å²) >= 11 is -0.936. The number of rotatable bonds is 1. The first-order valence-electron chi connectivity index (χ1n) is 5.67. The summed E-state index contributed by atoms with van der Waals surface area (Å²) in [5.74, 6) is 0. The standard InChI is InChI=1S/C13H19NOS/c1-10-12-8-6-5-7-11(12)9-14(10)16(15)13(2,3)4/h5-8,10H,9H2,1-4H3/t10-,16-/m0/s1. The molecule has 16 heavy (non-hydrogen) atoms. The van der Waals surface area contributed by atoms with Crippen molar-refractivity contribution in [3.05, 3.63) is 35.4 Å². The summed E-state index contributed by atoms with van der Waals surface area (Å²) in [6.07, 6.45) is 0. The van der Waals surface area contributed by atoms with E-state index in [0.29, 0.717) is 0 Å². The summed E-state index contributed by atoms with van der Waals surface area (Å²) in [7, 11) is 0. The third-order valence-corrected chi connectivity index (χ3v) is 4.92. The van der Waals surface area contributed by atoms with E-state index in [-0.39, 0.29) is 10.8 Å². The first-order valence-corrected chi connectivity index (χ1v) is 6.78. The van der Waals surface area contributed by atoms with Gasteiger partial charge in [0.15, 0.2) is 0 Å². The molecule has 0 N–H and O–H groups in total. The lowest BCUT2D eigenvalue weighted by atomic mass is 10.1. The molecule has 1 aromatic rings. The van der Waals surface area contributed by atoms with Crippen LogP contribution < -0.4 is 0 Å². The van der Waals surface area contributed by atoms with E-state index in [9.17, 15) is 4.55 Å². The topological polar surface area (TPSA) is 26.3 Å². The van der Waals surface area contributed by atoms with Gasteiger partial charge in [0.1, 0.15) is 4.75 Å². The van der Waals surface area contributed by atoms with E-state index in [1.165, 1.54) is 11.1 Å². The van der Waals surface area contributed by atoms with Crippen LogP contribution in [0.3, 0.4) is 0 Å². The second-order valence-electron chi connectivity index (χ2n) is 5.31. The summed E-state index contributed by atoms with van der Waals surface area (Å²) in [6.45, 7) is 9.02. The van der Waals surface area contributed by atoms with Crippen molar-refractivity contribution in [3.8, 4) is 0 Å². The van der Waals surface area contributed by atoms with E-state index in [0.717, 1.165) is 6.54 Å². The molecular weight excluding hydrogens is 218 g/mol. The summed E-state index contributed by atoms with van der Waals surface area (Å²) in [4.78, 5) is 0. The second kappa shape index (κ2) is 4.06. The van der Waals surface area contributed by atoms with Gasteiger partial charge in [-0.1, -0.05) is 24.3 Å². The highest BCUT2D eigenvalue weighted by Crippen LogP contribution is 2.38. The molecule has 88 valence electrons. The molecule has 2 atom stereocenters. The minimum Gasteiger partial charge on any atom is -0.597 e. The highest BCUT2D eigenvalue weighted by molar-refractivity contribution is 7.90. The summed E-state index contributed by atoms with van der Waals surface area (Å²) in [5.41, 5.74) is 2.63. The third kappa shape index (κ3) is 1.99. The van der Waals surface area contributed by atoms with Gasteiger partial charge in [-0.05, 0) is 38.8 Å². The zero-order valence-corrected chi connectivity index (χ0v) is 11.2. The minimum atomic E-state index is -0.936. The number of hydrogen-bond donors (Lipinski definition) is 0. The Morgan fingerprint density at radius 1 is 1.31 bits per heavy atom. The van der Waals surface area contributed by atoms with Crippen LogP contribution in [0.15, 0.2) is 24.3 Å². The Morgan fingerprint density at radius 2 is 1.94 bits per heavy atom. The number of benzene rings is 1. The zero-order valence-electron chi connectivity index (χ0n) is 10.4. The lowest BCUT2D eigenvalue weighted by molar-refractivity contribution is 0.356. The van der Waals surface area contributed by atoms with Crippen LogP contribution in [0.1, 0.15) is 44.9 Å². The molecule has 2 nitrogen and oxygen atoms in total. The van der Waals surface area contributed by atoms with Gasteiger partial charge in [-0.15, -0.1) is 4.31 Å².